The van der Waals surface area contributed by atoms with Gasteiger partial charge < -0.3 is 14.8 Å². The summed E-state index contributed by atoms with van der Waals surface area (Å²) in [6.07, 6.45) is 0. The number of nitrogens with one attached hydrogen (secondary N) is 1. The molecular weight excluding hydrogens is 266 g/mol. The fraction of sp³-hybridized carbons (Fsp3) is 0.500. The van der Waals surface area contributed by atoms with E-state index < -0.39 is 0 Å². The molecule has 1 aliphatic heterocycles. The smallest absolute Gasteiger partial charge is 0.310 e. The van der Waals surface area contributed by atoms with E-state index in [-0.39, 0.29) is 17.8 Å². The van der Waals surface area contributed by atoms with Crippen LogP contribution >= 0.6 is 11.6 Å². The van der Waals surface area contributed by atoms with Gasteiger partial charge >= 0.3 is 5.97 Å². The lowest BCUT2D eigenvalue weighted by atomic mass is 9.89. The normalized spacial score (nSPS) is 22.3. The first kappa shape index (κ1) is 14.2. The molecule has 104 valence electrons. The average molecular weight is 284 g/mol. The molecule has 19 heavy (non-hydrogen) atoms. The molecule has 0 saturated carbocycles. The fourth-order valence-electron chi connectivity index (χ4n) is 2.43. The van der Waals surface area contributed by atoms with Crippen molar-refractivity contribution in [1.82, 2.24) is 5.32 Å². The number of esters is 1. The van der Waals surface area contributed by atoms with Crippen LogP contribution in [-0.4, -0.2) is 32.8 Å². The lowest BCUT2D eigenvalue weighted by molar-refractivity contribution is -0.147. The summed E-state index contributed by atoms with van der Waals surface area (Å²) < 4.78 is 10.3. The molecule has 0 unspecified atom stereocenters. The number of halogens is 1. The van der Waals surface area contributed by atoms with Gasteiger partial charge in [0.15, 0.2) is 0 Å². The molecule has 0 aromatic heterocycles. The summed E-state index contributed by atoms with van der Waals surface area (Å²) in [5.41, 5.74) is 1.05. The molecule has 1 aromatic rings. The third-order valence-corrected chi connectivity index (χ3v) is 3.72. The van der Waals surface area contributed by atoms with Gasteiger partial charge in [0.2, 0.25) is 0 Å². The molecule has 0 amide bonds. The molecule has 2 rings (SSSR count). The van der Waals surface area contributed by atoms with Crippen LogP contribution in [0.25, 0.3) is 0 Å². The second-order valence-corrected chi connectivity index (χ2v) is 4.92. The summed E-state index contributed by atoms with van der Waals surface area (Å²) in [5, 5.41) is 3.81. The largest absolute Gasteiger partial charge is 0.495 e. The molecule has 1 aromatic carbocycles. The van der Waals surface area contributed by atoms with Crippen LogP contribution in [0.1, 0.15) is 18.4 Å². The monoisotopic (exact) mass is 283 g/mol. The second kappa shape index (κ2) is 6.26. The zero-order valence-corrected chi connectivity index (χ0v) is 11.9. The Kier molecular flexibility index (Phi) is 4.66. The summed E-state index contributed by atoms with van der Waals surface area (Å²) in [6, 6.07) is 5.64. The predicted molar refractivity (Wildman–Crippen MR) is 73.7 cm³/mol. The Bertz CT molecular complexity index is 464. The van der Waals surface area contributed by atoms with Gasteiger partial charge in [-0.3, -0.25) is 4.79 Å². The predicted octanol–water partition coefficient (Wildman–Crippen LogP) is 2.21. The lowest BCUT2D eigenvalue weighted by Crippen LogP contribution is -2.24. The highest BCUT2D eigenvalue weighted by atomic mass is 35.5. The van der Waals surface area contributed by atoms with Gasteiger partial charge in [-0.15, -0.1) is 0 Å². The molecule has 2 atom stereocenters. The van der Waals surface area contributed by atoms with E-state index in [1.54, 1.807) is 13.2 Å². The van der Waals surface area contributed by atoms with Crippen molar-refractivity contribution >= 4 is 17.6 Å². The van der Waals surface area contributed by atoms with Gasteiger partial charge in [0.1, 0.15) is 5.75 Å². The number of benzene rings is 1. The number of ether oxygens (including phenoxy) is 2. The minimum absolute atomic E-state index is 0.102. The van der Waals surface area contributed by atoms with Crippen LogP contribution in [-0.2, 0) is 9.53 Å². The van der Waals surface area contributed by atoms with Gasteiger partial charge in [0.25, 0.3) is 0 Å². The molecule has 1 fully saturated rings. The quantitative estimate of drug-likeness (QED) is 0.861. The Hall–Kier alpha value is -1.26. The summed E-state index contributed by atoms with van der Waals surface area (Å²) in [4.78, 5) is 11.9. The number of carbonyl (C=O) groups excluding carboxylic acids is 1. The summed E-state index contributed by atoms with van der Waals surface area (Å²) in [5.74, 6) is 0.441. The Morgan fingerprint density at radius 1 is 1.47 bits per heavy atom. The van der Waals surface area contributed by atoms with Crippen molar-refractivity contribution in [3.8, 4) is 5.75 Å². The van der Waals surface area contributed by atoms with E-state index >= 15 is 0 Å². The maximum absolute atomic E-state index is 11.9. The number of rotatable bonds is 4. The first-order valence-electron chi connectivity index (χ1n) is 6.38. The highest BCUT2D eigenvalue weighted by Crippen LogP contribution is 2.34. The van der Waals surface area contributed by atoms with E-state index in [0.717, 1.165) is 12.1 Å². The minimum atomic E-state index is -0.147. The molecule has 5 heteroatoms. The van der Waals surface area contributed by atoms with Crippen LogP contribution < -0.4 is 10.1 Å². The van der Waals surface area contributed by atoms with E-state index in [1.807, 2.05) is 19.1 Å². The Balaban J connectivity index is 2.22. The number of methoxy groups -OCH3 is 1. The molecule has 0 bridgehead atoms. The van der Waals surface area contributed by atoms with Crippen molar-refractivity contribution in [3.63, 3.8) is 0 Å². The van der Waals surface area contributed by atoms with E-state index in [0.29, 0.717) is 23.9 Å². The van der Waals surface area contributed by atoms with Crippen LogP contribution in [0.2, 0.25) is 5.02 Å². The van der Waals surface area contributed by atoms with Crippen LogP contribution in [0.5, 0.6) is 5.75 Å². The Morgan fingerprint density at radius 2 is 2.26 bits per heavy atom. The zero-order valence-electron chi connectivity index (χ0n) is 11.1. The van der Waals surface area contributed by atoms with Crippen molar-refractivity contribution in [2.24, 2.45) is 5.92 Å². The van der Waals surface area contributed by atoms with E-state index in [2.05, 4.69) is 5.32 Å². The molecule has 0 aliphatic carbocycles. The van der Waals surface area contributed by atoms with Crippen molar-refractivity contribution in [3.05, 3.63) is 28.8 Å². The van der Waals surface area contributed by atoms with Gasteiger partial charge in [-0.2, -0.15) is 0 Å². The standard InChI is InChI=1S/C14H18ClNO3/c1-3-19-14(17)11-8-16-7-10(11)9-4-5-12(15)13(6-9)18-2/h4-6,10-11,16H,3,7-8H2,1-2H3/t10-,11+/m0/s1. The van der Waals surface area contributed by atoms with E-state index in [4.69, 9.17) is 21.1 Å². The van der Waals surface area contributed by atoms with Crippen LogP contribution in [0.4, 0.5) is 0 Å². The van der Waals surface area contributed by atoms with Gasteiger partial charge in [-0.25, -0.2) is 0 Å². The number of hydrogen-bond acceptors (Lipinski definition) is 4. The highest BCUT2D eigenvalue weighted by molar-refractivity contribution is 6.32. The minimum Gasteiger partial charge on any atom is -0.495 e. The Morgan fingerprint density at radius 3 is 2.95 bits per heavy atom. The molecule has 1 aliphatic rings. The third-order valence-electron chi connectivity index (χ3n) is 3.41. The van der Waals surface area contributed by atoms with E-state index in [9.17, 15) is 4.79 Å². The van der Waals surface area contributed by atoms with Crippen LogP contribution in [0, 0.1) is 5.92 Å². The molecule has 4 nitrogen and oxygen atoms in total. The molecule has 1 heterocycles. The molecule has 0 spiro atoms. The fourth-order valence-corrected chi connectivity index (χ4v) is 2.63. The van der Waals surface area contributed by atoms with E-state index in [1.165, 1.54) is 0 Å². The summed E-state index contributed by atoms with van der Waals surface area (Å²) in [6.45, 7) is 3.63. The topological polar surface area (TPSA) is 47.6 Å². The molecule has 1 N–H and O–H groups in total. The summed E-state index contributed by atoms with van der Waals surface area (Å²) >= 11 is 6.02. The van der Waals surface area contributed by atoms with Crippen molar-refractivity contribution < 1.29 is 14.3 Å². The van der Waals surface area contributed by atoms with Gasteiger partial charge in [0.05, 0.1) is 24.7 Å². The second-order valence-electron chi connectivity index (χ2n) is 4.52. The lowest BCUT2D eigenvalue weighted by Gasteiger charge is -2.18. The first-order valence-corrected chi connectivity index (χ1v) is 6.76. The maximum Gasteiger partial charge on any atom is 0.310 e. The maximum atomic E-state index is 11.9. The van der Waals surface area contributed by atoms with Crippen molar-refractivity contribution in [2.45, 2.75) is 12.8 Å². The summed E-state index contributed by atoms with van der Waals surface area (Å²) in [7, 11) is 1.58. The first-order chi connectivity index (χ1) is 9.17. The SMILES string of the molecule is CCOC(=O)[C@@H]1CNC[C@H]1c1ccc(Cl)c(OC)c1. The van der Waals surface area contributed by atoms with Gasteiger partial charge in [-0.05, 0) is 24.6 Å². The molecular formula is C14H18ClNO3. The molecule has 0 radical (unpaired) electrons. The highest BCUT2D eigenvalue weighted by Gasteiger charge is 2.35. The van der Waals surface area contributed by atoms with Crippen LogP contribution in [0.15, 0.2) is 18.2 Å². The zero-order chi connectivity index (χ0) is 13.8. The Labute approximate surface area is 118 Å². The van der Waals surface area contributed by atoms with Gasteiger partial charge in [-0.1, -0.05) is 17.7 Å². The number of carbonyl (C=O) groups is 1. The van der Waals surface area contributed by atoms with Crippen molar-refractivity contribution in [1.29, 1.82) is 0 Å². The third kappa shape index (κ3) is 3.01. The van der Waals surface area contributed by atoms with Gasteiger partial charge in [0, 0.05) is 19.0 Å². The molecule has 1 saturated heterocycles. The van der Waals surface area contributed by atoms with Crippen LogP contribution in [0.3, 0.4) is 0 Å². The van der Waals surface area contributed by atoms with Crippen molar-refractivity contribution in [2.75, 3.05) is 26.8 Å². The number of hydrogen-bond donors (Lipinski definition) is 1. The average Bonchev–Trinajstić information content (AvgIpc) is 2.89.